The fourth-order valence-electron chi connectivity index (χ4n) is 3.17. The second-order valence-electron chi connectivity index (χ2n) is 6.91. The molecule has 0 spiro atoms. The van der Waals surface area contributed by atoms with Crippen molar-refractivity contribution in [3.63, 3.8) is 0 Å². The molecule has 4 rings (SSSR count). The first-order valence-electron chi connectivity index (χ1n) is 9.69. The summed E-state index contributed by atoms with van der Waals surface area (Å²) in [6.45, 7) is 4.18. The van der Waals surface area contributed by atoms with Gasteiger partial charge in [0.2, 0.25) is 0 Å². The maximum Gasteiger partial charge on any atom is 0.287 e. The fraction of sp³-hybridized carbons (Fsp3) is 0.167. The van der Waals surface area contributed by atoms with Crippen LogP contribution in [-0.2, 0) is 6.61 Å². The van der Waals surface area contributed by atoms with Gasteiger partial charge < -0.3 is 14.5 Å². The quantitative estimate of drug-likeness (QED) is 0.413. The predicted molar refractivity (Wildman–Crippen MR) is 118 cm³/mol. The number of hydrogen-bond acceptors (Lipinski definition) is 5. The third kappa shape index (κ3) is 4.44. The zero-order valence-electron chi connectivity index (χ0n) is 16.8. The molecule has 0 saturated carbocycles. The molecule has 0 aliphatic heterocycles. The van der Waals surface area contributed by atoms with Crippen LogP contribution in [0.2, 0.25) is 0 Å². The van der Waals surface area contributed by atoms with E-state index in [0.29, 0.717) is 5.56 Å². The van der Waals surface area contributed by atoms with Gasteiger partial charge in [-0.2, -0.15) is 0 Å². The van der Waals surface area contributed by atoms with E-state index < -0.39 is 0 Å². The minimum atomic E-state index is -0.270. The first-order valence-corrected chi connectivity index (χ1v) is 10.5. The normalized spacial score (nSPS) is 11.8. The van der Waals surface area contributed by atoms with Crippen molar-refractivity contribution in [2.75, 3.05) is 0 Å². The minimum absolute atomic E-state index is 0.194. The summed E-state index contributed by atoms with van der Waals surface area (Å²) in [6.07, 6.45) is 1.51. The maximum atomic E-state index is 12.8. The van der Waals surface area contributed by atoms with E-state index in [-0.39, 0.29) is 24.3 Å². The lowest BCUT2D eigenvalue weighted by molar-refractivity contribution is 0.0909. The van der Waals surface area contributed by atoms with Gasteiger partial charge in [-0.15, -0.1) is 11.3 Å². The monoisotopic (exact) mass is 418 g/mol. The Morgan fingerprint density at radius 1 is 1.10 bits per heavy atom. The van der Waals surface area contributed by atoms with E-state index >= 15 is 0 Å². The molecule has 0 aliphatic carbocycles. The Balaban J connectivity index is 1.45. The van der Waals surface area contributed by atoms with Crippen molar-refractivity contribution in [2.24, 2.45) is 0 Å². The fourth-order valence-corrected chi connectivity index (χ4v) is 4.24. The van der Waals surface area contributed by atoms with Crippen molar-refractivity contribution in [3.8, 4) is 16.3 Å². The average molecular weight is 419 g/mol. The molecule has 6 heteroatoms. The van der Waals surface area contributed by atoms with E-state index in [1.807, 2.05) is 74.5 Å². The molecule has 4 aromatic rings. The van der Waals surface area contributed by atoms with Gasteiger partial charge >= 0.3 is 0 Å². The summed E-state index contributed by atoms with van der Waals surface area (Å²) in [4.78, 5) is 18.5. The molecule has 5 nitrogen and oxygen atoms in total. The number of rotatable bonds is 7. The van der Waals surface area contributed by atoms with Crippen LogP contribution in [0.1, 0.15) is 39.7 Å². The number of benzene rings is 2. The molecule has 0 radical (unpaired) electrons. The van der Waals surface area contributed by atoms with Crippen LogP contribution in [0.5, 0.6) is 5.75 Å². The second-order valence-corrected chi connectivity index (χ2v) is 7.94. The molecule has 2 aromatic heterocycles. The van der Waals surface area contributed by atoms with Gasteiger partial charge in [0.15, 0.2) is 5.76 Å². The predicted octanol–water partition coefficient (Wildman–Crippen LogP) is 5.78. The average Bonchev–Trinajstić information content (AvgIpc) is 3.40. The Morgan fingerprint density at radius 2 is 1.80 bits per heavy atom. The SMILES string of the molecule is Cc1nc(-c2ccccc2)sc1C(C)NC(=O)c1occc1COc1ccccc1. The molecule has 2 heterocycles. The van der Waals surface area contributed by atoms with E-state index in [1.54, 1.807) is 17.4 Å². The van der Waals surface area contributed by atoms with E-state index in [1.165, 1.54) is 6.26 Å². The summed E-state index contributed by atoms with van der Waals surface area (Å²) in [6, 6.07) is 21.1. The van der Waals surface area contributed by atoms with Crippen LogP contribution in [-0.4, -0.2) is 10.9 Å². The van der Waals surface area contributed by atoms with Crippen LogP contribution in [0.4, 0.5) is 0 Å². The van der Waals surface area contributed by atoms with Crippen LogP contribution in [0.15, 0.2) is 77.4 Å². The third-order valence-corrected chi connectivity index (χ3v) is 6.07. The van der Waals surface area contributed by atoms with E-state index in [2.05, 4.69) is 10.3 Å². The Labute approximate surface area is 179 Å². The molecule has 30 heavy (non-hydrogen) atoms. The van der Waals surface area contributed by atoms with Gasteiger partial charge in [0.1, 0.15) is 17.4 Å². The number of hydrogen-bond donors (Lipinski definition) is 1. The van der Waals surface area contributed by atoms with Gasteiger partial charge in [0.05, 0.1) is 22.9 Å². The molecule has 0 aliphatic rings. The summed E-state index contributed by atoms with van der Waals surface area (Å²) in [7, 11) is 0. The minimum Gasteiger partial charge on any atom is -0.489 e. The first kappa shape index (κ1) is 19.9. The molecule has 2 aromatic carbocycles. The zero-order chi connectivity index (χ0) is 20.9. The number of ether oxygens (including phenoxy) is 1. The lowest BCUT2D eigenvalue weighted by Gasteiger charge is -2.13. The summed E-state index contributed by atoms with van der Waals surface area (Å²) < 4.78 is 11.2. The summed E-state index contributed by atoms with van der Waals surface area (Å²) in [5, 5.41) is 3.97. The Morgan fingerprint density at radius 3 is 2.53 bits per heavy atom. The molecule has 1 N–H and O–H groups in total. The topological polar surface area (TPSA) is 64.4 Å². The van der Waals surface area contributed by atoms with Crippen LogP contribution in [0.25, 0.3) is 10.6 Å². The number of nitrogens with one attached hydrogen (secondary N) is 1. The highest BCUT2D eigenvalue weighted by Gasteiger charge is 2.21. The molecular weight excluding hydrogens is 396 g/mol. The van der Waals surface area contributed by atoms with Gasteiger partial charge in [-0.1, -0.05) is 48.5 Å². The summed E-state index contributed by atoms with van der Waals surface area (Å²) in [5.41, 5.74) is 2.69. The molecule has 0 fully saturated rings. The van der Waals surface area contributed by atoms with Crippen molar-refractivity contribution < 1.29 is 13.9 Å². The molecule has 0 bridgehead atoms. The molecule has 1 unspecified atom stereocenters. The van der Waals surface area contributed by atoms with Gasteiger partial charge in [-0.05, 0) is 32.0 Å². The van der Waals surface area contributed by atoms with Crippen molar-refractivity contribution in [2.45, 2.75) is 26.5 Å². The van der Waals surface area contributed by atoms with Crippen molar-refractivity contribution in [3.05, 3.63) is 94.9 Å². The Kier molecular flexibility index (Phi) is 5.95. The molecular formula is C24H22N2O3S. The Hall–Kier alpha value is -3.38. The van der Waals surface area contributed by atoms with Crippen molar-refractivity contribution >= 4 is 17.2 Å². The standard InChI is InChI=1S/C24H22N2O3S/c1-16(22-17(2)26-24(30-22)18-9-5-3-6-10-18)25-23(27)21-19(13-14-28-21)15-29-20-11-7-4-8-12-20/h3-14,16H,15H2,1-2H3,(H,25,27). The maximum absolute atomic E-state index is 12.8. The highest BCUT2D eigenvalue weighted by molar-refractivity contribution is 7.15. The number of para-hydroxylation sites is 1. The summed E-state index contributed by atoms with van der Waals surface area (Å²) >= 11 is 1.59. The second kappa shape index (κ2) is 8.97. The highest BCUT2D eigenvalue weighted by atomic mass is 32.1. The molecule has 1 atom stereocenters. The van der Waals surface area contributed by atoms with Crippen LogP contribution in [0.3, 0.4) is 0 Å². The molecule has 152 valence electrons. The number of carbonyl (C=O) groups is 1. The van der Waals surface area contributed by atoms with Crippen LogP contribution >= 0.6 is 11.3 Å². The summed E-state index contributed by atoms with van der Waals surface area (Å²) in [5.74, 6) is 0.739. The number of thiazole rings is 1. The largest absolute Gasteiger partial charge is 0.489 e. The number of furan rings is 1. The number of amides is 1. The van der Waals surface area contributed by atoms with Gasteiger partial charge in [0.25, 0.3) is 5.91 Å². The highest BCUT2D eigenvalue weighted by Crippen LogP contribution is 2.31. The van der Waals surface area contributed by atoms with Gasteiger partial charge in [-0.3, -0.25) is 4.79 Å². The number of carbonyl (C=O) groups excluding carboxylic acids is 1. The molecule has 1 amide bonds. The number of nitrogens with zero attached hydrogens (tertiary/aromatic N) is 1. The van der Waals surface area contributed by atoms with E-state index in [4.69, 9.17) is 9.15 Å². The number of aryl methyl sites for hydroxylation is 1. The lowest BCUT2D eigenvalue weighted by Crippen LogP contribution is -2.27. The van der Waals surface area contributed by atoms with Crippen molar-refractivity contribution in [1.82, 2.24) is 10.3 Å². The number of aromatic nitrogens is 1. The van der Waals surface area contributed by atoms with Crippen LogP contribution in [0, 0.1) is 6.92 Å². The smallest absolute Gasteiger partial charge is 0.287 e. The van der Waals surface area contributed by atoms with E-state index in [0.717, 1.165) is 26.9 Å². The van der Waals surface area contributed by atoms with Gasteiger partial charge in [0, 0.05) is 11.1 Å². The molecule has 0 saturated heterocycles. The van der Waals surface area contributed by atoms with Crippen molar-refractivity contribution in [1.29, 1.82) is 0 Å². The first-order chi connectivity index (χ1) is 14.6. The van der Waals surface area contributed by atoms with E-state index in [9.17, 15) is 4.79 Å². The zero-order valence-corrected chi connectivity index (χ0v) is 17.6. The Bertz CT molecular complexity index is 1120. The van der Waals surface area contributed by atoms with Crippen LogP contribution < -0.4 is 10.1 Å². The third-order valence-electron chi connectivity index (χ3n) is 4.68. The van der Waals surface area contributed by atoms with Gasteiger partial charge in [-0.25, -0.2) is 4.98 Å². The lowest BCUT2D eigenvalue weighted by atomic mass is 10.2.